The topological polar surface area (TPSA) is 33.7 Å². The molecule has 0 bridgehead atoms. The predicted octanol–water partition coefficient (Wildman–Crippen LogP) is 2.05. The average molecular weight is 270 g/mol. The maximum atomic E-state index is 12.9. The van der Waals surface area contributed by atoms with Crippen LogP contribution in [0.2, 0.25) is 0 Å². The standard InChI is InChI=1S/C13H16F2N2O2/c1-16-7-9-4-5-17(8-9)10-2-3-11-12(6-10)19-13(14,15)18-11/h2-3,6,9,16H,4-5,7-8H2,1H3. The second kappa shape index (κ2) is 4.52. The third kappa shape index (κ3) is 2.45. The van der Waals surface area contributed by atoms with Gasteiger partial charge in [0.05, 0.1) is 0 Å². The summed E-state index contributed by atoms with van der Waals surface area (Å²) in [5, 5.41) is 3.16. The van der Waals surface area contributed by atoms with Crippen LogP contribution in [0.25, 0.3) is 0 Å². The Balaban J connectivity index is 1.74. The van der Waals surface area contributed by atoms with E-state index in [1.165, 1.54) is 6.07 Å². The van der Waals surface area contributed by atoms with E-state index in [1.54, 1.807) is 12.1 Å². The van der Waals surface area contributed by atoms with Crippen molar-refractivity contribution in [2.75, 3.05) is 31.6 Å². The van der Waals surface area contributed by atoms with Crippen molar-refractivity contribution in [1.29, 1.82) is 0 Å². The van der Waals surface area contributed by atoms with Crippen LogP contribution in [-0.2, 0) is 0 Å². The molecule has 1 unspecified atom stereocenters. The Bertz CT molecular complexity index is 482. The fraction of sp³-hybridized carbons (Fsp3) is 0.538. The molecule has 6 heteroatoms. The van der Waals surface area contributed by atoms with E-state index in [0.29, 0.717) is 5.92 Å². The van der Waals surface area contributed by atoms with Gasteiger partial charge in [-0.05, 0) is 38.1 Å². The van der Waals surface area contributed by atoms with Gasteiger partial charge >= 0.3 is 6.29 Å². The van der Waals surface area contributed by atoms with Crippen LogP contribution in [-0.4, -0.2) is 33.0 Å². The number of anilines is 1. The van der Waals surface area contributed by atoms with Crippen molar-refractivity contribution in [2.45, 2.75) is 12.7 Å². The van der Waals surface area contributed by atoms with Gasteiger partial charge in [0, 0.05) is 24.8 Å². The lowest BCUT2D eigenvalue weighted by atomic mass is 10.1. The van der Waals surface area contributed by atoms with E-state index in [-0.39, 0.29) is 11.5 Å². The third-order valence-corrected chi connectivity index (χ3v) is 3.53. The first-order valence-corrected chi connectivity index (χ1v) is 6.37. The summed E-state index contributed by atoms with van der Waals surface area (Å²) in [5.41, 5.74) is 0.902. The van der Waals surface area contributed by atoms with Crippen molar-refractivity contribution in [1.82, 2.24) is 5.32 Å². The van der Waals surface area contributed by atoms with Crippen molar-refractivity contribution in [2.24, 2.45) is 5.92 Å². The molecule has 4 nitrogen and oxygen atoms in total. The van der Waals surface area contributed by atoms with Gasteiger partial charge in [-0.2, -0.15) is 0 Å². The van der Waals surface area contributed by atoms with Gasteiger partial charge in [-0.25, -0.2) is 0 Å². The van der Waals surface area contributed by atoms with Crippen LogP contribution >= 0.6 is 0 Å². The third-order valence-electron chi connectivity index (χ3n) is 3.53. The van der Waals surface area contributed by atoms with Gasteiger partial charge < -0.3 is 19.7 Å². The smallest absolute Gasteiger partial charge is 0.395 e. The minimum Gasteiger partial charge on any atom is -0.395 e. The van der Waals surface area contributed by atoms with E-state index in [1.807, 2.05) is 7.05 Å². The van der Waals surface area contributed by atoms with Crippen LogP contribution in [0.5, 0.6) is 11.5 Å². The molecule has 1 saturated heterocycles. The van der Waals surface area contributed by atoms with E-state index in [9.17, 15) is 8.78 Å². The van der Waals surface area contributed by atoms with Gasteiger partial charge in [0.2, 0.25) is 0 Å². The van der Waals surface area contributed by atoms with Crippen molar-refractivity contribution < 1.29 is 18.3 Å². The fourth-order valence-electron chi connectivity index (χ4n) is 2.66. The molecular weight excluding hydrogens is 254 g/mol. The summed E-state index contributed by atoms with van der Waals surface area (Å²) in [6, 6.07) is 4.96. The SMILES string of the molecule is CNCC1CCN(c2ccc3c(c2)OC(F)(F)O3)C1. The van der Waals surface area contributed by atoms with Gasteiger partial charge in [0.1, 0.15) is 0 Å². The van der Waals surface area contributed by atoms with Crippen LogP contribution in [0.3, 0.4) is 0 Å². The van der Waals surface area contributed by atoms with Crippen LogP contribution in [0.1, 0.15) is 6.42 Å². The number of benzene rings is 1. The van der Waals surface area contributed by atoms with E-state index >= 15 is 0 Å². The van der Waals surface area contributed by atoms with Crippen molar-refractivity contribution in [3.05, 3.63) is 18.2 Å². The molecule has 3 rings (SSSR count). The average Bonchev–Trinajstić information content (AvgIpc) is 2.90. The zero-order valence-corrected chi connectivity index (χ0v) is 10.7. The number of halogens is 2. The van der Waals surface area contributed by atoms with Gasteiger partial charge in [-0.1, -0.05) is 0 Å². The number of fused-ring (bicyclic) bond motifs is 1. The highest BCUT2D eigenvalue weighted by atomic mass is 19.3. The summed E-state index contributed by atoms with van der Waals surface area (Å²) < 4.78 is 34.7. The van der Waals surface area contributed by atoms with Crippen molar-refractivity contribution >= 4 is 5.69 Å². The molecule has 0 aliphatic carbocycles. The summed E-state index contributed by atoms with van der Waals surface area (Å²) in [7, 11) is 1.94. The molecule has 1 aromatic carbocycles. The lowest BCUT2D eigenvalue weighted by Crippen LogP contribution is -2.26. The molecule has 0 amide bonds. The van der Waals surface area contributed by atoms with Crippen LogP contribution < -0.4 is 19.7 Å². The van der Waals surface area contributed by atoms with E-state index < -0.39 is 6.29 Å². The van der Waals surface area contributed by atoms with E-state index in [4.69, 9.17) is 0 Å². The van der Waals surface area contributed by atoms with Crippen LogP contribution in [0.15, 0.2) is 18.2 Å². The molecule has 2 aliphatic heterocycles. The van der Waals surface area contributed by atoms with Gasteiger partial charge in [0.25, 0.3) is 0 Å². The number of hydrogen-bond donors (Lipinski definition) is 1. The number of hydrogen-bond acceptors (Lipinski definition) is 4. The maximum absolute atomic E-state index is 12.9. The summed E-state index contributed by atoms with van der Waals surface area (Å²) in [6.07, 6.45) is -2.44. The molecule has 2 heterocycles. The lowest BCUT2D eigenvalue weighted by Gasteiger charge is -2.18. The number of nitrogens with zero attached hydrogens (tertiary/aromatic N) is 1. The molecule has 1 aromatic rings. The van der Waals surface area contributed by atoms with Crippen molar-refractivity contribution in [3.8, 4) is 11.5 Å². The first kappa shape index (κ1) is 12.5. The highest BCUT2D eigenvalue weighted by Gasteiger charge is 2.43. The van der Waals surface area contributed by atoms with Crippen LogP contribution in [0.4, 0.5) is 14.5 Å². The fourth-order valence-corrected chi connectivity index (χ4v) is 2.66. The molecule has 0 aromatic heterocycles. The quantitative estimate of drug-likeness (QED) is 0.911. The summed E-state index contributed by atoms with van der Waals surface area (Å²) in [5.74, 6) is 0.802. The van der Waals surface area contributed by atoms with Gasteiger partial charge in [-0.3, -0.25) is 0 Å². The molecule has 1 fully saturated rings. The second-order valence-corrected chi connectivity index (χ2v) is 4.96. The Hall–Kier alpha value is -1.56. The number of rotatable bonds is 3. The summed E-state index contributed by atoms with van der Waals surface area (Å²) >= 11 is 0. The van der Waals surface area contributed by atoms with E-state index in [0.717, 1.165) is 31.7 Å². The minimum atomic E-state index is -3.54. The minimum absolute atomic E-state index is 0.0970. The highest BCUT2D eigenvalue weighted by molar-refractivity contribution is 5.58. The van der Waals surface area contributed by atoms with Gasteiger partial charge in [-0.15, -0.1) is 8.78 Å². The molecule has 104 valence electrons. The monoisotopic (exact) mass is 270 g/mol. The Morgan fingerprint density at radius 3 is 2.95 bits per heavy atom. The second-order valence-electron chi connectivity index (χ2n) is 4.96. The largest absolute Gasteiger partial charge is 0.586 e. The summed E-state index contributed by atoms with van der Waals surface area (Å²) in [4.78, 5) is 2.18. The number of alkyl halides is 2. The Labute approximate surface area is 110 Å². The number of ether oxygens (including phenoxy) is 2. The molecule has 2 aliphatic rings. The van der Waals surface area contributed by atoms with E-state index in [2.05, 4.69) is 19.7 Å². The Morgan fingerprint density at radius 2 is 2.16 bits per heavy atom. The highest BCUT2D eigenvalue weighted by Crippen LogP contribution is 2.43. The lowest BCUT2D eigenvalue weighted by molar-refractivity contribution is -0.286. The van der Waals surface area contributed by atoms with Crippen LogP contribution in [0, 0.1) is 5.92 Å². The molecule has 0 spiro atoms. The zero-order chi connectivity index (χ0) is 13.5. The molecule has 0 saturated carbocycles. The zero-order valence-electron chi connectivity index (χ0n) is 10.7. The molecule has 1 atom stereocenters. The van der Waals surface area contributed by atoms with Gasteiger partial charge in [0.15, 0.2) is 11.5 Å². The van der Waals surface area contributed by atoms with Crippen molar-refractivity contribution in [3.63, 3.8) is 0 Å². The normalized spacial score (nSPS) is 23.9. The Kier molecular flexibility index (Phi) is 2.97. The Morgan fingerprint density at radius 1 is 1.37 bits per heavy atom. The number of nitrogens with one attached hydrogen (secondary N) is 1. The first-order valence-electron chi connectivity index (χ1n) is 6.37. The molecule has 0 radical (unpaired) electrons. The predicted molar refractivity (Wildman–Crippen MR) is 66.9 cm³/mol. The molecular formula is C13H16F2N2O2. The summed E-state index contributed by atoms with van der Waals surface area (Å²) in [6.45, 7) is 2.83. The first-order chi connectivity index (χ1) is 9.07. The molecule has 19 heavy (non-hydrogen) atoms. The molecule has 1 N–H and O–H groups in total. The maximum Gasteiger partial charge on any atom is 0.586 e.